The summed E-state index contributed by atoms with van der Waals surface area (Å²) < 4.78 is 12.8. The lowest BCUT2D eigenvalue weighted by molar-refractivity contribution is 0.590. The number of hydrogen-bond donors (Lipinski definition) is 0. The molecule has 0 aliphatic rings. The van der Waals surface area contributed by atoms with Crippen molar-refractivity contribution in [1.29, 1.82) is 0 Å². The Morgan fingerprint density at radius 1 is 0.195 bits per heavy atom. The summed E-state index contributed by atoms with van der Waals surface area (Å²) in [5.41, 5.74) is 22.2. The number of nitrogens with zero attached hydrogens (tertiary/aromatic N) is 5. The van der Waals surface area contributed by atoms with E-state index in [2.05, 4.69) is 330 Å². The van der Waals surface area contributed by atoms with E-state index < -0.39 is 0 Å². The minimum absolute atomic E-state index is 0.0493. The van der Waals surface area contributed by atoms with Gasteiger partial charge in [0.1, 0.15) is 0 Å². The van der Waals surface area contributed by atoms with Gasteiger partial charge in [-0.25, -0.2) is 0 Å². The van der Waals surface area contributed by atoms with Crippen LogP contribution < -0.4 is 0 Å². The summed E-state index contributed by atoms with van der Waals surface area (Å²) in [6.07, 6.45) is 0. The molecule has 0 fully saturated rings. The minimum atomic E-state index is -0.0493. The van der Waals surface area contributed by atoms with Gasteiger partial charge in [-0.2, -0.15) is 0 Å². The van der Waals surface area contributed by atoms with Crippen molar-refractivity contribution in [3.05, 3.63) is 247 Å². The highest BCUT2D eigenvalue weighted by atomic mass is 15.1. The van der Waals surface area contributed by atoms with Crippen LogP contribution in [0.15, 0.2) is 224 Å². The molecular formula is C82H73N5. The molecule has 0 unspecified atom stereocenters. The van der Waals surface area contributed by atoms with Gasteiger partial charge in [-0.3, -0.25) is 0 Å². The van der Waals surface area contributed by atoms with Crippen molar-refractivity contribution in [3.63, 3.8) is 0 Å². The first-order valence-electron chi connectivity index (χ1n) is 31.1. The minimum Gasteiger partial charge on any atom is -0.309 e. The molecule has 0 atom stereocenters. The van der Waals surface area contributed by atoms with Crippen molar-refractivity contribution in [1.82, 2.24) is 22.8 Å². The van der Waals surface area contributed by atoms with Crippen LogP contribution in [-0.4, -0.2) is 22.8 Å². The number of benzene rings is 11. The summed E-state index contributed by atoms with van der Waals surface area (Å²) in [6, 6.07) is 86.0. The molecule has 0 amide bonds. The summed E-state index contributed by atoms with van der Waals surface area (Å²) in [7, 11) is 0. The molecule has 0 bridgehead atoms. The van der Waals surface area contributed by atoms with Crippen LogP contribution in [0, 0.1) is 0 Å². The first-order chi connectivity index (χ1) is 41.7. The van der Waals surface area contributed by atoms with E-state index in [9.17, 15) is 0 Å². The number of rotatable bonds is 5. The fourth-order valence-electron chi connectivity index (χ4n) is 14.5. The molecule has 87 heavy (non-hydrogen) atoms. The fourth-order valence-corrected chi connectivity index (χ4v) is 14.5. The highest BCUT2D eigenvalue weighted by Gasteiger charge is 2.28. The zero-order chi connectivity index (χ0) is 59.8. The largest absolute Gasteiger partial charge is 0.309 e. The highest BCUT2D eigenvalue weighted by Crippen LogP contribution is 2.47. The zero-order valence-electron chi connectivity index (χ0n) is 52.1. The molecule has 5 heteroatoms. The lowest BCUT2D eigenvalue weighted by Gasteiger charge is -2.21. The Morgan fingerprint density at radius 3 is 0.713 bits per heavy atom. The molecule has 5 aromatic heterocycles. The standard InChI is InChI=1S/C82H73N5/c1-79(2,3)50-35-39-71-63(43-50)64-44-51(80(4,5)6)36-40-72(64)83(71)54-47-55(84-73-41-37-52(81(7,8)9)45-65(73)66-46-53(82(10,11)12)38-42-74(66)84)49-56(48-54)85-77-61(27-21-33-75(77)86-67-29-17-13-23-57(67)58-24-14-18-30-68(58)86)62-28-22-34-76(78(62)85)87-69-31-19-15-25-59(69)60-26-16-20-32-70(60)87/h13-49H,1-12H3. The van der Waals surface area contributed by atoms with Gasteiger partial charge < -0.3 is 22.8 Å². The Balaban J connectivity index is 1.12. The molecule has 0 radical (unpaired) electrons. The summed E-state index contributed by atoms with van der Waals surface area (Å²) >= 11 is 0. The molecule has 16 rings (SSSR count). The van der Waals surface area contributed by atoms with E-state index in [0.717, 1.165) is 39.5 Å². The van der Waals surface area contributed by atoms with Gasteiger partial charge in [-0.1, -0.05) is 204 Å². The molecule has 426 valence electrons. The van der Waals surface area contributed by atoms with Crippen LogP contribution >= 0.6 is 0 Å². The number of hydrogen-bond acceptors (Lipinski definition) is 0. The van der Waals surface area contributed by atoms with E-state index in [-0.39, 0.29) is 21.7 Å². The van der Waals surface area contributed by atoms with Crippen LogP contribution in [-0.2, 0) is 21.7 Å². The first kappa shape index (κ1) is 52.9. The Bertz CT molecular complexity index is 4970. The fraction of sp³-hybridized carbons (Fsp3) is 0.195. The van der Waals surface area contributed by atoms with E-state index in [1.165, 1.54) is 120 Å². The predicted molar refractivity (Wildman–Crippen MR) is 373 cm³/mol. The van der Waals surface area contributed by atoms with Gasteiger partial charge in [-0.15, -0.1) is 0 Å². The van der Waals surface area contributed by atoms with Crippen LogP contribution in [0.5, 0.6) is 0 Å². The second-order valence-electron chi connectivity index (χ2n) is 28.7. The summed E-state index contributed by atoms with van der Waals surface area (Å²) in [5.74, 6) is 0. The molecule has 5 nitrogen and oxygen atoms in total. The average molecular weight is 1130 g/mol. The number of fused-ring (bicyclic) bond motifs is 15. The van der Waals surface area contributed by atoms with Crippen molar-refractivity contribution in [3.8, 4) is 28.4 Å². The Hall–Kier alpha value is -9.58. The third kappa shape index (κ3) is 7.97. The molecule has 0 aliphatic heterocycles. The monoisotopic (exact) mass is 1130 g/mol. The third-order valence-corrected chi connectivity index (χ3v) is 19.1. The van der Waals surface area contributed by atoms with E-state index in [1.54, 1.807) is 0 Å². The van der Waals surface area contributed by atoms with Gasteiger partial charge in [0, 0.05) is 53.9 Å². The summed E-state index contributed by atoms with van der Waals surface area (Å²) in [6.45, 7) is 28.0. The first-order valence-corrected chi connectivity index (χ1v) is 31.1. The third-order valence-electron chi connectivity index (χ3n) is 19.1. The van der Waals surface area contributed by atoms with Crippen molar-refractivity contribution in [2.24, 2.45) is 0 Å². The summed E-state index contributed by atoms with van der Waals surface area (Å²) in [4.78, 5) is 0. The van der Waals surface area contributed by atoms with Crippen molar-refractivity contribution < 1.29 is 0 Å². The van der Waals surface area contributed by atoms with Crippen LogP contribution in [0.3, 0.4) is 0 Å². The lowest BCUT2D eigenvalue weighted by Crippen LogP contribution is -2.10. The summed E-state index contributed by atoms with van der Waals surface area (Å²) in [5, 5.41) is 12.3. The molecule has 5 heterocycles. The zero-order valence-corrected chi connectivity index (χ0v) is 52.1. The molecule has 0 spiro atoms. The van der Waals surface area contributed by atoms with Crippen molar-refractivity contribution in [2.45, 2.75) is 105 Å². The molecular weight excluding hydrogens is 1050 g/mol. The van der Waals surface area contributed by atoms with Gasteiger partial charge in [-0.05, 0) is 147 Å². The maximum atomic E-state index is 2.64. The SMILES string of the molecule is CC(C)(C)c1ccc2c(c1)c1cc(C(C)(C)C)ccc1n2-c1cc(-n2c3ccc(C(C)(C)C)cc3c3cc(C(C)(C)C)ccc32)cc(-n2c3c(-n4c5ccccc5c5ccccc54)cccc3c3cccc(-n4c5ccccc5c5ccccc54)c32)c1. The predicted octanol–water partition coefficient (Wildman–Crippen LogP) is 22.4. The van der Waals surface area contributed by atoms with Gasteiger partial charge in [0.05, 0.1) is 83.6 Å². The number of para-hydroxylation sites is 6. The van der Waals surface area contributed by atoms with Crippen LogP contribution in [0.2, 0.25) is 0 Å². The van der Waals surface area contributed by atoms with Gasteiger partial charge in [0.25, 0.3) is 0 Å². The van der Waals surface area contributed by atoms with Crippen molar-refractivity contribution >= 4 is 109 Å². The Labute approximate surface area is 508 Å². The number of aromatic nitrogens is 5. The second kappa shape index (κ2) is 18.5. The smallest absolute Gasteiger partial charge is 0.0783 e. The maximum Gasteiger partial charge on any atom is 0.0783 e. The second-order valence-corrected chi connectivity index (χ2v) is 28.7. The van der Waals surface area contributed by atoms with E-state index in [0.29, 0.717) is 0 Å². The quantitative estimate of drug-likeness (QED) is 0.164. The van der Waals surface area contributed by atoms with Crippen LogP contribution in [0.25, 0.3) is 137 Å². The van der Waals surface area contributed by atoms with Crippen molar-refractivity contribution in [2.75, 3.05) is 0 Å². The Kier molecular flexibility index (Phi) is 11.2. The lowest BCUT2D eigenvalue weighted by atomic mass is 9.85. The molecule has 11 aromatic carbocycles. The molecule has 0 saturated heterocycles. The average Bonchev–Trinajstić information content (AvgIpc) is 1.60. The maximum absolute atomic E-state index is 2.64. The van der Waals surface area contributed by atoms with Gasteiger partial charge in [0.15, 0.2) is 0 Å². The molecule has 0 aliphatic carbocycles. The van der Waals surface area contributed by atoms with E-state index >= 15 is 0 Å². The Morgan fingerprint density at radius 2 is 0.437 bits per heavy atom. The molecule has 0 N–H and O–H groups in total. The van der Waals surface area contributed by atoms with Crippen LogP contribution in [0.4, 0.5) is 0 Å². The highest BCUT2D eigenvalue weighted by molar-refractivity contribution is 6.19. The van der Waals surface area contributed by atoms with E-state index in [1.807, 2.05) is 0 Å². The van der Waals surface area contributed by atoms with E-state index in [4.69, 9.17) is 0 Å². The molecule has 0 saturated carbocycles. The topological polar surface area (TPSA) is 24.6 Å². The molecule has 16 aromatic rings. The van der Waals surface area contributed by atoms with Gasteiger partial charge in [0.2, 0.25) is 0 Å². The van der Waals surface area contributed by atoms with Crippen LogP contribution in [0.1, 0.15) is 105 Å². The van der Waals surface area contributed by atoms with Gasteiger partial charge >= 0.3 is 0 Å². The normalized spacial score (nSPS) is 13.1.